The van der Waals surface area contributed by atoms with Gasteiger partial charge in [-0.15, -0.1) is 0 Å². The van der Waals surface area contributed by atoms with Crippen molar-refractivity contribution in [3.63, 3.8) is 0 Å². The van der Waals surface area contributed by atoms with E-state index in [1.807, 2.05) is 19.9 Å². The summed E-state index contributed by atoms with van der Waals surface area (Å²) in [5, 5.41) is 9.55. The fourth-order valence-corrected chi connectivity index (χ4v) is 1.47. The molecule has 3 nitrogen and oxygen atoms in total. The summed E-state index contributed by atoms with van der Waals surface area (Å²) in [5.41, 5.74) is 0.805. The molecule has 0 radical (unpaired) electrons. The van der Waals surface area contributed by atoms with E-state index in [9.17, 15) is 4.79 Å². The first-order chi connectivity index (χ1) is 7.50. The Labute approximate surface area is 99.8 Å². The Balaban J connectivity index is 2.82. The van der Waals surface area contributed by atoms with Crippen LogP contribution in [0.4, 0.5) is 0 Å². The summed E-state index contributed by atoms with van der Waals surface area (Å²) in [7, 11) is 0. The maximum Gasteiger partial charge on any atom is 0.328 e. The zero-order chi connectivity index (χ0) is 12.1. The van der Waals surface area contributed by atoms with Gasteiger partial charge in [0.1, 0.15) is 6.04 Å². The summed E-state index contributed by atoms with van der Waals surface area (Å²) < 4.78 is 0. The maximum absolute atomic E-state index is 10.9. The van der Waals surface area contributed by atoms with Crippen molar-refractivity contribution in [2.45, 2.75) is 19.9 Å². The van der Waals surface area contributed by atoms with Gasteiger partial charge in [0.15, 0.2) is 0 Å². The summed E-state index contributed by atoms with van der Waals surface area (Å²) in [6.45, 7) is 3.65. The normalized spacial score (nSPS) is 13.2. The van der Waals surface area contributed by atoms with E-state index in [-0.39, 0.29) is 5.92 Å². The van der Waals surface area contributed by atoms with Crippen LogP contribution in [0.15, 0.2) is 29.3 Å². The van der Waals surface area contributed by atoms with E-state index in [1.54, 1.807) is 24.4 Å². The smallest absolute Gasteiger partial charge is 0.328 e. The Morgan fingerprint density at radius 3 is 2.69 bits per heavy atom. The maximum atomic E-state index is 10.9. The number of rotatable bonds is 4. The number of halogens is 1. The van der Waals surface area contributed by atoms with E-state index in [4.69, 9.17) is 16.7 Å². The number of carboxylic acids is 1. The molecular formula is C12H14ClNO2. The minimum Gasteiger partial charge on any atom is -0.480 e. The number of aliphatic carboxylic acids is 1. The summed E-state index contributed by atoms with van der Waals surface area (Å²) in [5.74, 6) is -0.943. The fraction of sp³-hybridized carbons (Fsp3) is 0.333. The zero-order valence-electron chi connectivity index (χ0n) is 9.22. The molecule has 1 aromatic carbocycles. The summed E-state index contributed by atoms with van der Waals surface area (Å²) in [4.78, 5) is 14.9. The van der Waals surface area contributed by atoms with Gasteiger partial charge in [0.25, 0.3) is 0 Å². The third-order valence-electron chi connectivity index (χ3n) is 2.12. The Morgan fingerprint density at radius 2 is 2.19 bits per heavy atom. The average Bonchev–Trinajstić information content (AvgIpc) is 2.16. The van der Waals surface area contributed by atoms with E-state index in [0.717, 1.165) is 5.56 Å². The molecule has 1 aromatic rings. The second kappa shape index (κ2) is 5.66. The van der Waals surface area contributed by atoms with Crippen LogP contribution in [-0.2, 0) is 4.79 Å². The number of carboxylic acid groups (broad SMARTS) is 1. The van der Waals surface area contributed by atoms with E-state index in [1.165, 1.54) is 0 Å². The van der Waals surface area contributed by atoms with Crippen LogP contribution in [0.5, 0.6) is 0 Å². The molecule has 0 saturated carbocycles. The molecule has 0 aromatic heterocycles. The van der Waals surface area contributed by atoms with Crippen molar-refractivity contribution in [2.75, 3.05) is 0 Å². The molecule has 0 heterocycles. The minimum atomic E-state index is -0.909. The van der Waals surface area contributed by atoms with Gasteiger partial charge in [0.05, 0.1) is 0 Å². The van der Waals surface area contributed by atoms with Crippen molar-refractivity contribution in [3.8, 4) is 0 Å². The highest BCUT2D eigenvalue weighted by atomic mass is 35.5. The predicted octanol–water partition coefficient (Wildman–Crippen LogP) is 2.87. The molecule has 0 spiro atoms. The van der Waals surface area contributed by atoms with E-state index < -0.39 is 12.0 Å². The molecule has 0 aliphatic carbocycles. The van der Waals surface area contributed by atoms with Gasteiger partial charge in [-0.3, -0.25) is 4.99 Å². The molecule has 1 atom stereocenters. The molecule has 0 bridgehead atoms. The van der Waals surface area contributed by atoms with Crippen LogP contribution in [0.3, 0.4) is 0 Å². The molecule has 1 rings (SSSR count). The largest absolute Gasteiger partial charge is 0.480 e. The topological polar surface area (TPSA) is 49.7 Å². The molecule has 0 amide bonds. The standard InChI is InChI=1S/C12H14ClNO2/c1-8(2)11(12(15)16)14-7-9-4-3-5-10(13)6-9/h3-8,11H,1-2H3,(H,15,16). The predicted molar refractivity (Wildman–Crippen MR) is 65.3 cm³/mol. The SMILES string of the molecule is CC(C)C(N=Cc1cccc(Cl)c1)C(=O)O. The molecule has 0 fully saturated rings. The van der Waals surface area contributed by atoms with Crippen molar-refractivity contribution < 1.29 is 9.90 Å². The Morgan fingerprint density at radius 1 is 1.50 bits per heavy atom. The molecule has 0 saturated heterocycles. The van der Waals surface area contributed by atoms with E-state index in [0.29, 0.717) is 5.02 Å². The highest BCUT2D eigenvalue weighted by molar-refractivity contribution is 6.30. The lowest BCUT2D eigenvalue weighted by molar-refractivity contribution is -0.139. The molecule has 86 valence electrons. The van der Waals surface area contributed by atoms with Crippen molar-refractivity contribution >= 4 is 23.8 Å². The van der Waals surface area contributed by atoms with Crippen molar-refractivity contribution in [1.29, 1.82) is 0 Å². The first kappa shape index (κ1) is 12.7. The third-order valence-corrected chi connectivity index (χ3v) is 2.35. The highest BCUT2D eigenvalue weighted by Gasteiger charge is 2.19. The van der Waals surface area contributed by atoms with Gasteiger partial charge in [0, 0.05) is 11.2 Å². The Hall–Kier alpha value is -1.35. The molecule has 1 N–H and O–H groups in total. The van der Waals surface area contributed by atoms with Gasteiger partial charge in [-0.1, -0.05) is 37.6 Å². The minimum absolute atomic E-state index is 0.0343. The molecule has 1 unspecified atom stereocenters. The van der Waals surface area contributed by atoms with Crippen molar-refractivity contribution in [3.05, 3.63) is 34.9 Å². The van der Waals surface area contributed by atoms with E-state index >= 15 is 0 Å². The third kappa shape index (κ3) is 3.66. The Bertz CT molecular complexity index is 402. The van der Waals surface area contributed by atoms with Crippen molar-refractivity contribution in [2.24, 2.45) is 10.9 Å². The van der Waals surface area contributed by atoms with Gasteiger partial charge in [0.2, 0.25) is 0 Å². The number of nitrogens with zero attached hydrogens (tertiary/aromatic N) is 1. The van der Waals surface area contributed by atoms with Gasteiger partial charge in [-0.25, -0.2) is 4.79 Å². The quantitative estimate of drug-likeness (QED) is 0.822. The van der Waals surface area contributed by atoms with Crippen LogP contribution < -0.4 is 0 Å². The number of hydrogen-bond acceptors (Lipinski definition) is 2. The molecule has 4 heteroatoms. The zero-order valence-corrected chi connectivity index (χ0v) is 9.98. The van der Waals surface area contributed by atoms with Crippen LogP contribution in [0.2, 0.25) is 5.02 Å². The van der Waals surface area contributed by atoms with Crippen LogP contribution in [0.1, 0.15) is 19.4 Å². The Kier molecular flexibility index (Phi) is 4.50. The molecule has 0 aliphatic rings. The lowest BCUT2D eigenvalue weighted by Crippen LogP contribution is -2.24. The second-order valence-corrected chi connectivity index (χ2v) is 4.30. The van der Waals surface area contributed by atoms with Gasteiger partial charge >= 0.3 is 5.97 Å². The molecule has 0 aliphatic heterocycles. The number of hydrogen-bond donors (Lipinski definition) is 1. The molecular weight excluding hydrogens is 226 g/mol. The number of carbonyl (C=O) groups is 1. The molecule has 16 heavy (non-hydrogen) atoms. The van der Waals surface area contributed by atoms with Gasteiger partial charge in [-0.2, -0.15) is 0 Å². The lowest BCUT2D eigenvalue weighted by Gasteiger charge is -2.10. The van der Waals surface area contributed by atoms with Gasteiger partial charge < -0.3 is 5.11 Å². The lowest BCUT2D eigenvalue weighted by atomic mass is 10.1. The van der Waals surface area contributed by atoms with E-state index in [2.05, 4.69) is 4.99 Å². The second-order valence-electron chi connectivity index (χ2n) is 3.86. The van der Waals surface area contributed by atoms with Crippen LogP contribution in [0.25, 0.3) is 0 Å². The summed E-state index contributed by atoms with van der Waals surface area (Å²) >= 11 is 5.81. The first-order valence-electron chi connectivity index (χ1n) is 5.02. The van der Waals surface area contributed by atoms with Crippen molar-refractivity contribution in [1.82, 2.24) is 0 Å². The summed E-state index contributed by atoms with van der Waals surface area (Å²) in [6.07, 6.45) is 1.55. The average molecular weight is 240 g/mol. The van der Waals surface area contributed by atoms with Crippen LogP contribution in [0, 0.1) is 5.92 Å². The summed E-state index contributed by atoms with van der Waals surface area (Å²) in [6, 6.07) is 6.42. The first-order valence-corrected chi connectivity index (χ1v) is 5.40. The van der Waals surface area contributed by atoms with Crippen LogP contribution in [-0.4, -0.2) is 23.3 Å². The monoisotopic (exact) mass is 239 g/mol. The van der Waals surface area contributed by atoms with Crippen LogP contribution >= 0.6 is 11.6 Å². The number of aliphatic imine (C=N–C) groups is 1. The number of benzene rings is 1. The van der Waals surface area contributed by atoms with Gasteiger partial charge in [-0.05, 0) is 23.6 Å². The highest BCUT2D eigenvalue weighted by Crippen LogP contribution is 2.10. The fourth-order valence-electron chi connectivity index (χ4n) is 1.27.